The van der Waals surface area contributed by atoms with E-state index in [-0.39, 0.29) is 24.1 Å². The van der Waals surface area contributed by atoms with E-state index in [1.54, 1.807) is 61.5 Å². The largest absolute Gasteiger partial charge is 0.457 e. The van der Waals surface area contributed by atoms with Crippen molar-refractivity contribution in [1.82, 2.24) is 10.2 Å². The second kappa shape index (κ2) is 14.6. The van der Waals surface area contributed by atoms with Crippen LogP contribution in [0.5, 0.6) is 11.5 Å². The Morgan fingerprint density at radius 1 is 0.927 bits per heavy atom. The first kappa shape index (κ1) is 32.2. The van der Waals surface area contributed by atoms with Crippen LogP contribution in [0, 0.1) is 5.92 Å². The Morgan fingerprint density at radius 2 is 1.56 bits per heavy atom. The summed E-state index contributed by atoms with van der Waals surface area (Å²) in [6, 6.07) is 19.7. The zero-order chi connectivity index (χ0) is 30.2. The standard InChI is InChI=1S/C30H35Cl2N3O5S/c1-5-28(30(37)33-18-21(2)3)34(19-22-11-16-26(31)27(32)17-22)29(36)20-35(41(4,38)39)23-12-14-25(15-13-23)40-24-9-7-6-8-10-24/h6-17,21,28H,5,18-20H2,1-4H3,(H,33,37)/t28-/m0/s1. The minimum atomic E-state index is -3.87. The summed E-state index contributed by atoms with van der Waals surface area (Å²) in [4.78, 5) is 28.4. The molecule has 0 aliphatic carbocycles. The van der Waals surface area contributed by atoms with Crippen LogP contribution in [0.2, 0.25) is 10.0 Å². The van der Waals surface area contributed by atoms with Gasteiger partial charge in [-0.2, -0.15) is 0 Å². The summed E-state index contributed by atoms with van der Waals surface area (Å²) >= 11 is 12.3. The van der Waals surface area contributed by atoms with Gasteiger partial charge in [-0.05, 0) is 66.4 Å². The van der Waals surface area contributed by atoms with Gasteiger partial charge in [-0.1, -0.05) is 68.2 Å². The number of carbonyl (C=O) groups is 2. The number of hydrogen-bond acceptors (Lipinski definition) is 5. The third kappa shape index (κ3) is 9.38. The first-order valence-electron chi connectivity index (χ1n) is 13.2. The summed E-state index contributed by atoms with van der Waals surface area (Å²) in [5, 5.41) is 3.56. The van der Waals surface area contributed by atoms with Crippen molar-refractivity contribution >= 4 is 50.7 Å². The topological polar surface area (TPSA) is 96.0 Å². The van der Waals surface area contributed by atoms with Crippen molar-refractivity contribution < 1.29 is 22.7 Å². The third-order valence-corrected chi connectivity index (χ3v) is 8.07. The van der Waals surface area contributed by atoms with Crippen LogP contribution < -0.4 is 14.4 Å². The van der Waals surface area contributed by atoms with E-state index in [0.717, 1.165) is 10.6 Å². The first-order valence-corrected chi connectivity index (χ1v) is 15.8. The van der Waals surface area contributed by atoms with Gasteiger partial charge in [0.15, 0.2) is 0 Å². The van der Waals surface area contributed by atoms with Crippen molar-refractivity contribution in [1.29, 1.82) is 0 Å². The van der Waals surface area contributed by atoms with E-state index in [0.29, 0.717) is 40.1 Å². The predicted octanol–water partition coefficient (Wildman–Crippen LogP) is 6.13. The van der Waals surface area contributed by atoms with Gasteiger partial charge in [0.25, 0.3) is 0 Å². The Balaban J connectivity index is 1.90. The summed E-state index contributed by atoms with van der Waals surface area (Å²) in [6.45, 7) is 5.71. The predicted molar refractivity (Wildman–Crippen MR) is 164 cm³/mol. The van der Waals surface area contributed by atoms with E-state index < -0.39 is 28.5 Å². The fourth-order valence-electron chi connectivity index (χ4n) is 4.10. The smallest absolute Gasteiger partial charge is 0.244 e. The van der Waals surface area contributed by atoms with Crippen LogP contribution in [0.4, 0.5) is 5.69 Å². The van der Waals surface area contributed by atoms with Gasteiger partial charge in [0.05, 0.1) is 22.0 Å². The maximum absolute atomic E-state index is 13.8. The molecule has 3 aromatic carbocycles. The summed E-state index contributed by atoms with van der Waals surface area (Å²) < 4.78 is 32.6. The molecule has 0 heterocycles. The van der Waals surface area contributed by atoms with Crippen LogP contribution in [0.15, 0.2) is 72.8 Å². The van der Waals surface area contributed by atoms with Gasteiger partial charge < -0.3 is 15.0 Å². The second-order valence-electron chi connectivity index (χ2n) is 10.0. The average molecular weight is 621 g/mol. The third-order valence-electron chi connectivity index (χ3n) is 6.19. The summed E-state index contributed by atoms with van der Waals surface area (Å²) in [6.07, 6.45) is 1.35. The molecule has 0 radical (unpaired) electrons. The number of carbonyl (C=O) groups excluding carboxylic acids is 2. The van der Waals surface area contributed by atoms with Gasteiger partial charge in [0.1, 0.15) is 24.1 Å². The zero-order valence-electron chi connectivity index (χ0n) is 23.5. The number of nitrogens with one attached hydrogen (secondary N) is 1. The fourth-order valence-corrected chi connectivity index (χ4v) is 5.27. The van der Waals surface area contributed by atoms with Crippen molar-refractivity contribution in [2.24, 2.45) is 5.92 Å². The van der Waals surface area contributed by atoms with Crippen LogP contribution in [0.1, 0.15) is 32.8 Å². The van der Waals surface area contributed by atoms with Gasteiger partial charge in [0.2, 0.25) is 21.8 Å². The number of anilines is 1. The molecule has 0 aliphatic rings. The number of para-hydroxylation sites is 1. The normalized spacial score (nSPS) is 12.1. The highest BCUT2D eigenvalue weighted by Gasteiger charge is 2.32. The Hall–Kier alpha value is -3.27. The van der Waals surface area contributed by atoms with Crippen LogP contribution in [0.3, 0.4) is 0 Å². The maximum Gasteiger partial charge on any atom is 0.244 e. The summed E-state index contributed by atoms with van der Waals surface area (Å²) in [5.41, 5.74) is 0.934. The van der Waals surface area contributed by atoms with Gasteiger partial charge in [-0.15, -0.1) is 0 Å². The highest BCUT2D eigenvalue weighted by molar-refractivity contribution is 7.92. The number of nitrogens with zero attached hydrogens (tertiary/aromatic N) is 2. The molecule has 2 amide bonds. The number of hydrogen-bond donors (Lipinski definition) is 1. The molecule has 220 valence electrons. The van der Waals surface area contributed by atoms with Crippen LogP contribution in [-0.2, 0) is 26.2 Å². The van der Waals surface area contributed by atoms with E-state index >= 15 is 0 Å². The van der Waals surface area contributed by atoms with Crippen LogP contribution in [-0.4, -0.2) is 50.5 Å². The van der Waals surface area contributed by atoms with Gasteiger partial charge >= 0.3 is 0 Å². The fraction of sp³-hybridized carbons (Fsp3) is 0.333. The number of amides is 2. The SMILES string of the molecule is CC[C@@H](C(=O)NCC(C)C)N(Cc1ccc(Cl)c(Cl)c1)C(=O)CN(c1ccc(Oc2ccccc2)cc1)S(C)(=O)=O. The monoisotopic (exact) mass is 619 g/mol. The second-order valence-corrected chi connectivity index (χ2v) is 12.7. The summed E-state index contributed by atoms with van der Waals surface area (Å²) in [7, 11) is -3.87. The van der Waals surface area contributed by atoms with Crippen molar-refractivity contribution in [3.63, 3.8) is 0 Å². The lowest BCUT2D eigenvalue weighted by Crippen LogP contribution is -2.52. The molecule has 0 fully saturated rings. The quantitative estimate of drug-likeness (QED) is 0.248. The lowest BCUT2D eigenvalue weighted by Gasteiger charge is -2.33. The van der Waals surface area contributed by atoms with Crippen molar-refractivity contribution in [3.05, 3.63) is 88.4 Å². The number of ether oxygens (including phenoxy) is 1. The molecule has 3 rings (SSSR count). The van der Waals surface area contributed by atoms with Gasteiger partial charge in [-0.3, -0.25) is 13.9 Å². The highest BCUT2D eigenvalue weighted by atomic mass is 35.5. The minimum Gasteiger partial charge on any atom is -0.457 e. The van der Waals surface area contributed by atoms with Crippen LogP contribution >= 0.6 is 23.2 Å². The van der Waals surface area contributed by atoms with E-state index in [9.17, 15) is 18.0 Å². The van der Waals surface area contributed by atoms with E-state index in [2.05, 4.69) is 5.32 Å². The lowest BCUT2D eigenvalue weighted by atomic mass is 10.1. The molecule has 0 spiro atoms. The molecule has 41 heavy (non-hydrogen) atoms. The van der Waals surface area contributed by atoms with Crippen molar-refractivity contribution in [2.45, 2.75) is 39.8 Å². The molecule has 11 heteroatoms. The lowest BCUT2D eigenvalue weighted by molar-refractivity contribution is -0.140. The first-order chi connectivity index (χ1) is 19.4. The van der Waals surface area contributed by atoms with Crippen molar-refractivity contribution in [2.75, 3.05) is 23.7 Å². The van der Waals surface area contributed by atoms with Crippen LogP contribution in [0.25, 0.3) is 0 Å². The summed E-state index contributed by atoms with van der Waals surface area (Å²) in [5.74, 6) is 0.495. The Bertz CT molecular complexity index is 1430. The Kier molecular flexibility index (Phi) is 11.5. The molecule has 3 aromatic rings. The molecule has 1 N–H and O–H groups in total. The number of benzene rings is 3. The molecular formula is C30H35Cl2N3O5S. The Labute approximate surface area is 252 Å². The molecule has 8 nitrogen and oxygen atoms in total. The molecule has 0 saturated carbocycles. The van der Waals surface area contributed by atoms with E-state index in [1.165, 1.54) is 4.90 Å². The van der Waals surface area contributed by atoms with E-state index in [1.807, 2.05) is 32.0 Å². The number of rotatable bonds is 13. The minimum absolute atomic E-state index is 0.0325. The van der Waals surface area contributed by atoms with Gasteiger partial charge in [0, 0.05) is 13.1 Å². The van der Waals surface area contributed by atoms with Gasteiger partial charge in [-0.25, -0.2) is 8.42 Å². The molecular weight excluding hydrogens is 585 g/mol. The molecule has 0 bridgehead atoms. The Morgan fingerprint density at radius 3 is 2.12 bits per heavy atom. The zero-order valence-corrected chi connectivity index (χ0v) is 25.8. The maximum atomic E-state index is 13.8. The highest BCUT2D eigenvalue weighted by Crippen LogP contribution is 2.27. The molecule has 0 unspecified atom stereocenters. The molecule has 0 saturated heterocycles. The molecule has 0 aliphatic heterocycles. The molecule has 0 aromatic heterocycles. The average Bonchev–Trinajstić information content (AvgIpc) is 2.92. The molecule has 1 atom stereocenters. The number of halogens is 2. The van der Waals surface area contributed by atoms with E-state index in [4.69, 9.17) is 27.9 Å². The van der Waals surface area contributed by atoms with Crippen molar-refractivity contribution in [3.8, 4) is 11.5 Å². The number of sulfonamides is 1.